The minimum atomic E-state index is -0.0331. The van der Waals surface area contributed by atoms with Gasteiger partial charge in [-0.05, 0) is 30.5 Å². The minimum Gasteiger partial charge on any atom is -0.302 e. The van der Waals surface area contributed by atoms with Crippen molar-refractivity contribution in [2.45, 2.75) is 26.2 Å². The van der Waals surface area contributed by atoms with Crippen molar-refractivity contribution in [3.8, 4) is 11.3 Å². The smallest absolute Gasteiger partial charge is 0.227 e. The van der Waals surface area contributed by atoms with E-state index in [9.17, 15) is 4.79 Å². The Bertz CT molecular complexity index is 1100. The van der Waals surface area contributed by atoms with E-state index in [2.05, 4.69) is 66.6 Å². The average Bonchev–Trinajstić information content (AvgIpc) is 3.21. The zero-order valence-electron chi connectivity index (χ0n) is 17.1. The van der Waals surface area contributed by atoms with Crippen LogP contribution in [0.5, 0.6) is 0 Å². The molecule has 0 aliphatic rings. The predicted molar refractivity (Wildman–Crippen MR) is 125 cm³/mol. The van der Waals surface area contributed by atoms with Crippen LogP contribution < -0.4 is 5.32 Å². The second kappa shape index (κ2) is 9.06. The summed E-state index contributed by atoms with van der Waals surface area (Å²) in [4.78, 5) is 17.5. The lowest BCUT2D eigenvalue weighted by atomic mass is 9.88. The van der Waals surface area contributed by atoms with Gasteiger partial charge in [0.25, 0.3) is 0 Å². The van der Waals surface area contributed by atoms with Crippen molar-refractivity contribution in [1.82, 2.24) is 4.98 Å². The van der Waals surface area contributed by atoms with E-state index in [0.717, 1.165) is 22.4 Å². The van der Waals surface area contributed by atoms with E-state index in [-0.39, 0.29) is 11.8 Å². The third kappa shape index (κ3) is 4.66. The number of hydrogen-bond acceptors (Lipinski definition) is 3. The van der Waals surface area contributed by atoms with Gasteiger partial charge < -0.3 is 5.32 Å². The maximum Gasteiger partial charge on any atom is 0.227 e. The Labute approximate surface area is 181 Å². The number of carbonyl (C=O) groups is 1. The van der Waals surface area contributed by atoms with Gasteiger partial charge in [0.1, 0.15) is 0 Å². The van der Waals surface area contributed by atoms with Gasteiger partial charge in [-0.2, -0.15) is 0 Å². The van der Waals surface area contributed by atoms with Gasteiger partial charge in [0, 0.05) is 23.3 Å². The highest BCUT2D eigenvalue weighted by atomic mass is 32.1. The van der Waals surface area contributed by atoms with Crippen LogP contribution >= 0.6 is 11.3 Å². The third-order valence-corrected chi connectivity index (χ3v) is 5.96. The number of anilines is 1. The minimum absolute atomic E-state index is 0.00572. The van der Waals surface area contributed by atoms with Gasteiger partial charge in [-0.1, -0.05) is 84.4 Å². The first kappa shape index (κ1) is 20.0. The molecule has 0 aliphatic heterocycles. The fraction of sp³-hybridized carbons (Fsp3) is 0.154. The van der Waals surface area contributed by atoms with E-state index in [1.54, 1.807) is 0 Å². The first-order valence-electron chi connectivity index (χ1n) is 10.0. The number of rotatable bonds is 6. The molecule has 1 heterocycles. The average molecular weight is 413 g/mol. The van der Waals surface area contributed by atoms with Crippen LogP contribution in [-0.2, 0) is 4.79 Å². The highest BCUT2D eigenvalue weighted by Gasteiger charge is 2.19. The van der Waals surface area contributed by atoms with E-state index in [1.165, 1.54) is 22.5 Å². The summed E-state index contributed by atoms with van der Waals surface area (Å²) >= 11 is 1.46. The molecule has 150 valence electrons. The molecule has 4 rings (SSSR count). The maximum absolute atomic E-state index is 12.9. The molecule has 0 saturated heterocycles. The summed E-state index contributed by atoms with van der Waals surface area (Å²) in [7, 11) is 0. The number of amides is 1. The second-order valence-electron chi connectivity index (χ2n) is 7.48. The maximum atomic E-state index is 12.9. The molecule has 0 atom stereocenters. The third-order valence-electron chi connectivity index (χ3n) is 5.20. The van der Waals surface area contributed by atoms with Crippen molar-refractivity contribution in [2.24, 2.45) is 0 Å². The van der Waals surface area contributed by atoms with Crippen molar-refractivity contribution >= 4 is 22.4 Å². The number of aryl methyl sites for hydroxylation is 2. The van der Waals surface area contributed by atoms with E-state index < -0.39 is 0 Å². The first-order valence-corrected chi connectivity index (χ1v) is 10.9. The zero-order valence-corrected chi connectivity index (χ0v) is 17.9. The highest BCUT2D eigenvalue weighted by Crippen LogP contribution is 2.30. The lowest BCUT2D eigenvalue weighted by Crippen LogP contribution is -2.16. The molecule has 30 heavy (non-hydrogen) atoms. The van der Waals surface area contributed by atoms with E-state index in [0.29, 0.717) is 11.6 Å². The van der Waals surface area contributed by atoms with Gasteiger partial charge in [-0.25, -0.2) is 4.98 Å². The summed E-state index contributed by atoms with van der Waals surface area (Å²) in [6.07, 6.45) is 0.368. The van der Waals surface area contributed by atoms with E-state index in [4.69, 9.17) is 0 Å². The zero-order chi connectivity index (χ0) is 20.9. The van der Waals surface area contributed by atoms with Crippen LogP contribution in [-0.4, -0.2) is 10.9 Å². The number of benzene rings is 3. The largest absolute Gasteiger partial charge is 0.302 e. The molecule has 3 nitrogen and oxygen atoms in total. The number of nitrogens with zero attached hydrogens (tertiary/aromatic N) is 1. The molecule has 0 aliphatic carbocycles. The molecule has 0 fully saturated rings. The van der Waals surface area contributed by atoms with Crippen LogP contribution in [0.2, 0.25) is 0 Å². The van der Waals surface area contributed by atoms with Crippen LogP contribution in [0.1, 0.15) is 34.6 Å². The van der Waals surface area contributed by atoms with Crippen LogP contribution in [0.15, 0.2) is 84.2 Å². The molecule has 1 N–H and O–H groups in total. The molecule has 3 aromatic carbocycles. The second-order valence-corrected chi connectivity index (χ2v) is 8.34. The van der Waals surface area contributed by atoms with Crippen LogP contribution in [0.25, 0.3) is 11.3 Å². The van der Waals surface area contributed by atoms with E-state index >= 15 is 0 Å². The number of thiazole rings is 1. The molecule has 1 amide bonds. The summed E-state index contributed by atoms with van der Waals surface area (Å²) in [6.45, 7) is 4.17. The molecule has 0 bridgehead atoms. The van der Waals surface area contributed by atoms with Gasteiger partial charge in [-0.3, -0.25) is 4.79 Å². The number of carbonyl (C=O) groups excluding carboxylic acids is 1. The van der Waals surface area contributed by atoms with Crippen LogP contribution in [0.4, 0.5) is 5.13 Å². The predicted octanol–water partition coefficient (Wildman–Crippen LogP) is 6.59. The standard InChI is InChI=1S/C26H24N2OS/c1-18-13-14-22(19(2)15-18)24-17-30-26(27-24)28-25(29)16-23(20-9-5-3-6-10-20)21-11-7-4-8-12-21/h3-15,17,23H,16H2,1-2H3,(H,27,28,29). The number of aromatic nitrogens is 1. The summed E-state index contributed by atoms with van der Waals surface area (Å²) in [6, 6.07) is 26.7. The van der Waals surface area contributed by atoms with Gasteiger partial charge in [0.2, 0.25) is 5.91 Å². The Hall–Kier alpha value is -3.24. The van der Waals surface area contributed by atoms with Crippen LogP contribution in [0, 0.1) is 13.8 Å². The molecular formula is C26H24N2OS. The Kier molecular flexibility index (Phi) is 6.05. The molecular weight excluding hydrogens is 388 g/mol. The highest BCUT2D eigenvalue weighted by molar-refractivity contribution is 7.14. The summed E-state index contributed by atoms with van der Waals surface area (Å²) in [5, 5.41) is 5.63. The topological polar surface area (TPSA) is 42.0 Å². The van der Waals surface area contributed by atoms with Crippen molar-refractivity contribution in [3.63, 3.8) is 0 Å². The van der Waals surface area contributed by atoms with Crippen LogP contribution in [0.3, 0.4) is 0 Å². The van der Waals surface area contributed by atoms with E-state index in [1.807, 2.05) is 41.8 Å². The molecule has 0 unspecified atom stereocenters. The van der Waals surface area contributed by atoms with Crippen molar-refractivity contribution in [3.05, 3.63) is 106 Å². The molecule has 4 aromatic rings. The SMILES string of the molecule is Cc1ccc(-c2csc(NC(=O)CC(c3ccccc3)c3ccccc3)n2)c(C)c1. The summed E-state index contributed by atoms with van der Waals surface area (Å²) in [5.74, 6) is -0.0274. The van der Waals surface area contributed by atoms with Gasteiger partial charge >= 0.3 is 0 Å². The van der Waals surface area contributed by atoms with Gasteiger partial charge in [0.05, 0.1) is 5.69 Å². The number of hydrogen-bond donors (Lipinski definition) is 1. The monoisotopic (exact) mass is 412 g/mol. The first-order chi connectivity index (χ1) is 14.6. The lowest BCUT2D eigenvalue weighted by molar-refractivity contribution is -0.116. The molecule has 0 saturated carbocycles. The quantitative estimate of drug-likeness (QED) is 0.388. The van der Waals surface area contributed by atoms with Crippen molar-refractivity contribution in [2.75, 3.05) is 5.32 Å². The molecule has 1 aromatic heterocycles. The lowest BCUT2D eigenvalue weighted by Gasteiger charge is -2.17. The van der Waals surface area contributed by atoms with Crippen molar-refractivity contribution in [1.29, 1.82) is 0 Å². The Morgan fingerprint density at radius 1 is 0.933 bits per heavy atom. The summed E-state index contributed by atoms with van der Waals surface area (Å²) in [5.41, 5.74) is 6.68. The van der Waals surface area contributed by atoms with Crippen molar-refractivity contribution < 1.29 is 4.79 Å². The normalized spacial score (nSPS) is 10.9. The fourth-order valence-electron chi connectivity index (χ4n) is 3.71. The van der Waals surface area contributed by atoms with Gasteiger partial charge in [0.15, 0.2) is 5.13 Å². The Balaban J connectivity index is 1.51. The molecule has 4 heteroatoms. The Morgan fingerprint density at radius 3 is 2.17 bits per heavy atom. The fourth-order valence-corrected chi connectivity index (χ4v) is 4.44. The Morgan fingerprint density at radius 2 is 1.57 bits per heavy atom. The summed E-state index contributed by atoms with van der Waals surface area (Å²) < 4.78 is 0. The van der Waals surface area contributed by atoms with Gasteiger partial charge in [-0.15, -0.1) is 11.3 Å². The number of nitrogens with one attached hydrogen (secondary N) is 1. The molecule has 0 radical (unpaired) electrons. The molecule has 0 spiro atoms.